The molecular formula is C12H15F2N. The van der Waals surface area contributed by atoms with Crippen LogP contribution < -0.4 is 5.73 Å². The summed E-state index contributed by atoms with van der Waals surface area (Å²) in [6.45, 7) is 5.55. The smallest absolute Gasteiger partial charge is 0.130 e. The van der Waals surface area contributed by atoms with Crippen LogP contribution >= 0.6 is 0 Å². The highest BCUT2D eigenvalue weighted by Gasteiger charge is 2.39. The molecule has 0 saturated carbocycles. The normalized spacial score (nSPS) is 22.9. The quantitative estimate of drug-likeness (QED) is 0.701. The van der Waals surface area contributed by atoms with Crippen LogP contribution in [0.1, 0.15) is 43.0 Å². The summed E-state index contributed by atoms with van der Waals surface area (Å²) in [4.78, 5) is 0. The Balaban J connectivity index is 2.78. The molecule has 1 aromatic rings. The fourth-order valence-electron chi connectivity index (χ4n) is 2.64. The summed E-state index contributed by atoms with van der Waals surface area (Å²) in [7, 11) is 0. The molecule has 0 radical (unpaired) electrons. The molecule has 2 N–H and O–H groups in total. The van der Waals surface area contributed by atoms with Crippen molar-refractivity contribution in [1.82, 2.24) is 0 Å². The molecule has 15 heavy (non-hydrogen) atoms. The molecule has 0 amide bonds. The summed E-state index contributed by atoms with van der Waals surface area (Å²) >= 11 is 0. The Bertz CT molecular complexity index is 424. The SMILES string of the molecule is Cc1c(F)cc(F)c2c1[C@@H](N)CC2(C)C. The Morgan fingerprint density at radius 2 is 1.93 bits per heavy atom. The Hall–Kier alpha value is -0.960. The molecule has 1 nitrogen and oxygen atoms in total. The van der Waals surface area contributed by atoms with Crippen molar-refractivity contribution in [3.63, 3.8) is 0 Å². The van der Waals surface area contributed by atoms with E-state index in [-0.39, 0.29) is 11.5 Å². The molecule has 0 bridgehead atoms. The zero-order valence-corrected chi connectivity index (χ0v) is 9.20. The van der Waals surface area contributed by atoms with Gasteiger partial charge < -0.3 is 5.73 Å². The van der Waals surface area contributed by atoms with Gasteiger partial charge in [0.1, 0.15) is 11.6 Å². The highest BCUT2D eigenvalue weighted by atomic mass is 19.1. The van der Waals surface area contributed by atoms with E-state index in [1.807, 2.05) is 13.8 Å². The minimum absolute atomic E-state index is 0.250. The third kappa shape index (κ3) is 1.37. The van der Waals surface area contributed by atoms with Gasteiger partial charge in [-0.15, -0.1) is 0 Å². The highest BCUT2D eigenvalue weighted by Crippen LogP contribution is 2.46. The summed E-state index contributed by atoms with van der Waals surface area (Å²) < 4.78 is 27.1. The number of halogens is 2. The fraction of sp³-hybridized carbons (Fsp3) is 0.500. The molecule has 2 rings (SSSR count). The first-order chi connectivity index (χ1) is 6.84. The second-order valence-corrected chi connectivity index (χ2v) is 4.95. The van der Waals surface area contributed by atoms with Crippen molar-refractivity contribution in [2.24, 2.45) is 5.73 Å². The molecule has 3 heteroatoms. The number of benzene rings is 1. The van der Waals surface area contributed by atoms with Crippen LogP contribution in [0.2, 0.25) is 0 Å². The van der Waals surface area contributed by atoms with Crippen LogP contribution in [0, 0.1) is 18.6 Å². The number of hydrogen-bond acceptors (Lipinski definition) is 1. The molecular weight excluding hydrogens is 196 g/mol. The Morgan fingerprint density at radius 3 is 2.53 bits per heavy atom. The topological polar surface area (TPSA) is 26.0 Å². The molecule has 0 aromatic heterocycles. The molecule has 0 unspecified atom stereocenters. The zero-order valence-electron chi connectivity index (χ0n) is 9.20. The summed E-state index contributed by atoms with van der Waals surface area (Å²) in [6, 6.07) is 0.716. The van der Waals surface area contributed by atoms with Gasteiger partial charge in [-0.25, -0.2) is 8.78 Å². The number of rotatable bonds is 0. The van der Waals surface area contributed by atoms with Gasteiger partial charge in [0.2, 0.25) is 0 Å². The van der Waals surface area contributed by atoms with Gasteiger partial charge in [-0.1, -0.05) is 13.8 Å². The fourth-order valence-corrected chi connectivity index (χ4v) is 2.64. The summed E-state index contributed by atoms with van der Waals surface area (Å²) in [6.07, 6.45) is 0.670. The largest absolute Gasteiger partial charge is 0.324 e. The predicted molar refractivity (Wildman–Crippen MR) is 55.7 cm³/mol. The first-order valence-corrected chi connectivity index (χ1v) is 5.09. The number of fused-ring (bicyclic) bond motifs is 1. The molecule has 0 aliphatic heterocycles. The van der Waals surface area contributed by atoms with Crippen molar-refractivity contribution in [3.05, 3.63) is 34.4 Å². The second-order valence-electron chi connectivity index (χ2n) is 4.95. The van der Waals surface area contributed by atoms with Gasteiger partial charge in [0.05, 0.1) is 0 Å². The standard InChI is InChI=1S/C12H15F2N/c1-6-7(13)4-8(14)11-10(6)9(15)5-12(11,2)3/h4,9H,5,15H2,1-3H3/t9-/m0/s1. The molecule has 82 valence electrons. The van der Waals surface area contributed by atoms with Crippen LogP contribution in [-0.4, -0.2) is 0 Å². The van der Waals surface area contributed by atoms with Gasteiger partial charge >= 0.3 is 0 Å². The molecule has 0 saturated heterocycles. The predicted octanol–water partition coefficient (Wildman–Crippen LogP) is 2.95. The lowest BCUT2D eigenvalue weighted by Gasteiger charge is -2.19. The highest BCUT2D eigenvalue weighted by molar-refractivity contribution is 5.47. The van der Waals surface area contributed by atoms with Crippen molar-refractivity contribution >= 4 is 0 Å². The molecule has 1 aliphatic rings. The maximum absolute atomic E-state index is 13.7. The van der Waals surface area contributed by atoms with Crippen molar-refractivity contribution < 1.29 is 8.78 Å². The third-order valence-corrected chi connectivity index (χ3v) is 3.30. The minimum Gasteiger partial charge on any atom is -0.324 e. The Morgan fingerprint density at radius 1 is 1.33 bits per heavy atom. The van der Waals surface area contributed by atoms with Crippen LogP contribution in [0.25, 0.3) is 0 Å². The lowest BCUT2D eigenvalue weighted by Crippen LogP contribution is -2.15. The van der Waals surface area contributed by atoms with E-state index in [0.29, 0.717) is 23.1 Å². The molecule has 1 aliphatic carbocycles. The van der Waals surface area contributed by atoms with E-state index in [4.69, 9.17) is 5.73 Å². The third-order valence-electron chi connectivity index (χ3n) is 3.30. The van der Waals surface area contributed by atoms with Gasteiger partial charge in [0, 0.05) is 12.1 Å². The van der Waals surface area contributed by atoms with E-state index >= 15 is 0 Å². The second kappa shape index (κ2) is 3.01. The van der Waals surface area contributed by atoms with Gasteiger partial charge in [0.25, 0.3) is 0 Å². The van der Waals surface area contributed by atoms with E-state index in [0.717, 1.165) is 6.07 Å². The first-order valence-electron chi connectivity index (χ1n) is 5.09. The Kier molecular flexibility index (Phi) is 2.12. The molecule has 1 aromatic carbocycles. The van der Waals surface area contributed by atoms with Crippen LogP contribution in [-0.2, 0) is 5.41 Å². The summed E-state index contributed by atoms with van der Waals surface area (Å²) in [5.74, 6) is -0.967. The maximum atomic E-state index is 13.7. The van der Waals surface area contributed by atoms with Crippen LogP contribution in [0.3, 0.4) is 0 Å². The summed E-state index contributed by atoms with van der Waals surface area (Å²) in [5.41, 5.74) is 7.38. The van der Waals surface area contributed by atoms with Crippen molar-refractivity contribution in [1.29, 1.82) is 0 Å². The molecule has 0 fully saturated rings. The lowest BCUT2D eigenvalue weighted by atomic mass is 9.85. The van der Waals surface area contributed by atoms with E-state index < -0.39 is 11.6 Å². The number of hydrogen-bond donors (Lipinski definition) is 1. The Labute approximate surface area is 88.3 Å². The monoisotopic (exact) mass is 211 g/mol. The van der Waals surface area contributed by atoms with Crippen LogP contribution in [0.5, 0.6) is 0 Å². The van der Waals surface area contributed by atoms with E-state index in [2.05, 4.69) is 0 Å². The molecule has 0 spiro atoms. The average Bonchev–Trinajstić information content (AvgIpc) is 2.32. The van der Waals surface area contributed by atoms with E-state index in [9.17, 15) is 8.78 Å². The first kappa shape index (κ1) is 10.6. The maximum Gasteiger partial charge on any atom is 0.130 e. The summed E-state index contributed by atoms with van der Waals surface area (Å²) in [5, 5.41) is 0. The molecule has 1 atom stereocenters. The molecule has 0 heterocycles. The van der Waals surface area contributed by atoms with Crippen LogP contribution in [0.4, 0.5) is 8.78 Å². The number of nitrogens with two attached hydrogens (primary N) is 1. The van der Waals surface area contributed by atoms with Gasteiger partial charge in [-0.05, 0) is 35.4 Å². The minimum atomic E-state index is -0.501. The zero-order chi connectivity index (χ0) is 11.4. The van der Waals surface area contributed by atoms with Crippen LogP contribution in [0.15, 0.2) is 6.07 Å². The van der Waals surface area contributed by atoms with Crippen molar-refractivity contribution in [2.75, 3.05) is 0 Å². The lowest BCUT2D eigenvalue weighted by molar-refractivity contribution is 0.460. The van der Waals surface area contributed by atoms with E-state index in [1.54, 1.807) is 6.92 Å². The average molecular weight is 211 g/mol. The van der Waals surface area contributed by atoms with Crippen molar-refractivity contribution in [3.8, 4) is 0 Å². The van der Waals surface area contributed by atoms with Gasteiger partial charge in [-0.2, -0.15) is 0 Å². The van der Waals surface area contributed by atoms with Gasteiger partial charge in [-0.3, -0.25) is 0 Å². The van der Waals surface area contributed by atoms with Crippen molar-refractivity contribution in [2.45, 2.75) is 38.6 Å². The van der Waals surface area contributed by atoms with Gasteiger partial charge in [0.15, 0.2) is 0 Å². The van der Waals surface area contributed by atoms with E-state index in [1.165, 1.54) is 0 Å².